The number of hydrogen-bond acceptors (Lipinski definition) is 3. The number of carbonyl (C=O) groups is 2. The van der Waals surface area contributed by atoms with Crippen molar-refractivity contribution in [2.24, 2.45) is 22.7 Å². The minimum Gasteiger partial charge on any atom is -0.393 e. The number of aliphatic hydroxyl groups excluding tert-OH is 1. The lowest BCUT2D eigenvalue weighted by molar-refractivity contribution is -0.134. The molecule has 3 nitrogen and oxygen atoms in total. The van der Waals surface area contributed by atoms with E-state index in [1.807, 2.05) is 32.9 Å². The third kappa shape index (κ3) is 2.28. The molecular formula is C20H26O3. The molecule has 3 rings (SSSR count). The number of hydrogen-bond donors (Lipinski definition) is 1. The van der Waals surface area contributed by atoms with Gasteiger partial charge in [-0.2, -0.15) is 0 Å². The first-order valence-corrected chi connectivity index (χ1v) is 8.49. The maximum atomic E-state index is 12.9. The number of allylic oxidation sites excluding steroid dienone is 6. The molecule has 0 heterocycles. The fourth-order valence-electron chi connectivity index (χ4n) is 5.05. The summed E-state index contributed by atoms with van der Waals surface area (Å²) in [7, 11) is 0. The summed E-state index contributed by atoms with van der Waals surface area (Å²) in [6, 6.07) is 0. The first kappa shape index (κ1) is 16.4. The van der Waals surface area contributed by atoms with Gasteiger partial charge in [-0.05, 0) is 41.7 Å². The summed E-state index contributed by atoms with van der Waals surface area (Å²) in [4.78, 5) is 25.4. The molecule has 3 heteroatoms. The van der Waals surface area contributed by atoms with Crippen molar-refractivity contribution < 1.29 is 14.7 Å². The van der Waals surface area contributed by atoms with E-state index in [2.05, 4.69) is 19.9 Å². The molecule has 124 valence electrons. The van der Waals surface area contributed by atoms with E-state index in [1.54, 1.807) is 0 Å². The van der Waals surface area contributed by atoms with Crippen LogP contribution in [-0.4, -0.2) is 22.8 Å². The van der Waals surface area contributed by atoms with Gasteiger partial charge in [0.15, 0.2) is 0 Å². The Morgan fingerprint density at radius 2 is 1.78 bits per heavy atom. The average Bonchev–Trinajstić information content (AvgIpc) is 2.39. The molecule has 1 saturated carbocycles. The fraction of sp³-hybridized carbons (Fsp3) is 0.600. The Labute approximate surface area is 138 Å². The maximum Gasteiger partial charge on any atom is 0.230 e. The van der Waals surface area contributed by atoms with Crippen molar-refractivity contribution >= 4 is 11.6 Å². The van der Waals surface area contributed by atoms with E-state index in [4.69, 9.17) is 0 Å². The SMILES string of the molecule is CC(C)C1=CC2=C(C(=O)C1=O)[C@@]1(C)C[C@@H](O)CC(C)(C)C1C=C2. The van der Waals surface area contributed by atoms with Crippen molar-refractivity contribution in [3.8, 4) is 0 Å². The summed E-state index contributed by atoms with van der Waals surface area (Å²) in [6.45, 7) is 10.2. The van der Waals surface area contributed by atoms with E-state index in [0.29, 0.717) is 17.6 Å². The molecule has 0 aromatic carbocycles. The highest BCUT2D eigenvalue weighted by atomic mass is 16.3. The highest BCUT2D eigenvalue weighted by Gasteiger charge is 2.54. The standard InChI is InChI=1S/C20H26O3/c1-11(2)14-8-12-6-7-15-19(3,4)9-13(21)10-20(15,5)16(12)18(23)17(14)22/h6-8,11,13,15,21H,9-10H2,1-5H3/t13-,15?,20-/m0/s1. The van der Waals surface area contributed by atoms with Gasteiger partial charge in [-0.25, -0.2) is 0 Å². The van der Waals surface area contributed by atoms with Crippen molar-refractivity contribution in [1.82, 2.24) is 0 Å². The predicted molar refractivity (Wildman–Crippen MR) is 89.7 cm³/mol. The summed E-state index contributed by atoms with van der Waals surface area (Å²) in [5.41, 5.74) is 1.49. The molecule has 1 fully saturated rings. The van der Waals surface area contributed by atoms with Gasteiger partial charge in [-0.3, -0.25) is 9.59 Å². The van der Waals surface area contributed by atoms with Crippen LogP contribution in [0.2, 0.25) is 0 Å². The summed E-state index contributed by atoms with van der Waals surface area (Å²) >= 11 is 0. The minimum atomic E-state index is -0.475. The molecule has 0 radical (unpaired) electrons. The van der Waals surface area contributed by atoms with Gasteiger partial charge in [-0.1, -0.05) is 46.8 Å². The predicted octanol–water partition coefficient (Wildman–Crippen LogP) is 3.39. The zero-order valence-corrected chi connectivity index (χ0v) is 14.6. The molecule has 0 aliphatic heterocycles. The van der Waals surface area contributed by atoms with Gasteiger partial charge in [0.25, 0.3) is 0 Å². The number of fused-ring (bicyclic) bond motifs is 2. The molecule has 1 N–H and O–H groups in total. The molecule has 0 bridgehead atoms. The van der Waals surface area contributed by atoms with Crippen LogP contribution in [0.15, 0.2) is 34.9 Å². The Hall–Kier alpha value is -1.48. The van der Waals surface area contributed by atoms with Crippen LogP contribution in [0.1, 0.15) is 47.5 Å². The fourth-order valence-corrected chi connectivity index (χ4v) is 5.05. The van der Waals surface area contributed by atoms with E-state index in [1.165, 1.54) is 0 Å². The third-order valence-corrected chi connectivity index (χ3v) is 5.91. The average molecular weight is 314 g/mol. The topological polar surface area (TPSA) is 54.4 Å². The van der Waals surface area contributed by atoms with Crippen molar-refractivity contribution in [3.63, 3.8) is 0 Å². The van der Waals surface area contributed by atoms with Crippen LogP contribution in [0.25, 0.3) is 0 Å². The molecule has 23 heavy (non-hydrogen) atoms. The van der Waals surface area contributed by atoms with Gasteiger partial charge in [0.05, 0.1) is 6.10 Å². The molecule has 0 aromatic rings. The first-order chi connectivity index (χ1) is 10.6. The second-order valence-corrected chi connectivity index (χ2v) is 8.55. The Morgan fingerprint density at radius 1 is 1.13 bits per heavy atom. The van der Waals surface area contributed by atoms with Gasteiger partial charge in [-0.15, -0.1) is 0 Å². The molecule has 0 amide bonds. The monoisotopic (exact) mass is 314 g/mol. The molecule has 0 saturated heterocycles. The van der Waals surface area contributed by atoms with E-state index in [9.17, 15) is 14.7 Å². The number of rotatable bonds is 1. The van der Waals surface area contributed by atoms with Gasteiger partial charge in [0.2, 0.25) is 11.6 Å². The lowest BCUT2D eigenvalue weighted by Gasteiger charge is -2.54. The van der Waals surface area contributed by atoms with E-state index >= 15 is 0 Å². The molecule has 0 spiro atoms. The van der Waals surface area contributed by atoms with Crippen LogP contribution in [0.3, 0.4) is 0 Å². The van der Waals surface area contributed by atoms with E-state index in [0.717, 1.165) is 12.0 Å². The smallest absolute Gasteiger partial charge is 0.230 e. The summed E-state index contributed by atoms with van der Waals surface area (Å²) in [5.74, 6) is -0.546. The summed E-state index contributed by atoms with van der Waals surface area (Å²) in [5, 5.41) is 10.4. The van der Waals surface area contributed by atoms with Crippen molar-refractivity contribution in [1.29, 1.82) is 0 Å². The minimum absolute atomic E-state index is 0.0350. The largest absolute Gasteiger partial charge is 0.393 e. The second-order valence-electron chi connectivity index (χ2n) is 8.55. The highest BCUT2D eigenvalue weighted by molar-refractivity contribution is 6.50. The second kappa shape index (κ2) is 5.01. The Morgan fingerprint density at radius 3 is 2.39 bits per heavy atom. The van der Waals surface area contributed by atoms with Crippen LogP contribution < -0.4 is 0 Å². The zero-order chi connectivity index (χ0) is 17.2. The van der Waals surface area contributed by atoms with Gasteiger partial charge in [0.1, 0.15) is 0 Å². The lowest BCUT2D eigenvalue weighted by atomic mass is 9.50. The molecule has 1 unspecified atom stereocenters. The summed E-state index contributed by atoms with van der Waals surface area (Å²) < 4.78 is 0. The Balaban J connectivity index is 2.18. The summed E-state index contributed by atoms with van der Waals surface area (Å²) in [6.07, 6.45) is 6.89. The van der Waals surface area contributed by atoms with Gasteiger partial charge < -0.3 is 5.11 Å². The van der Waals surface area contributed by atoms with Gasteiger partial charge in [0, 0.05) is 16.6 Å². The molecule has 0 aromatic heterocycles. The quantitative estimate of drug-likeness (QED) is 0.596. The normalized spacial score (nSPS) is 36.0. The van der Waals surface area contributed by atoms with E-state index in [-0.39, 0.29) is 28.8 Å². The van der Waals surface area contributed by atoms with Gasteiger partial charge >= 0.3 is 0 Å². The van der Waals surface area contributed by atoms with Crippen molar-refractivity contribution in [2.45, 2.75) is 53.6 Å². The number of aliphatic hydroxyl groups is 1. The molecule has 3 aliphatic rings. The van der Waals surface area contributed by atoms with Crippen LogP contribution in [0.5, 0.6) is 0 Å². The Bertz CT molecular complexity index is 675. The Kier molecular flexibility index (Phi) is 3.57. The molecular weight excluding hydrogens is 288 g/mol. The van der Waals surface area contributed by atoms with Crippen molar-refractivity contribution in [3.05, 3.63) is 34.9 Å². The third-order valence-electron chi connectivity index (χ3n) is 5.91. The van der Waals surface area contributed by atoms with Crippen LogP contribution in [0, 0.1) is 22.7 Å². The lowest BCUT2D eigenvalue weighted by Crippen LogP contribution is -2.51. The van der Waals surface area contributed by atoms with E-state index < -0.39 is 11.5 Å². The molecule has 3 aliphatic carbocycles. The number of Topliss-reactive ketones (excluding diaryl/α,β-unsaturated/α-hetero) is 2. The maximum absolute atomic E-state index is 12.9. The number of ketones is 2. The highest BCUT2D eigenvalue weighted by Crippen LogP contribution is 2.58. The molecule has 3 atom stereocenters. The first-order valence-electron chi connectivity index (χ1n) is 8.49. The van der Waals surface area contributed by atoms with Crippen LogP contribution in [0.4, 0.5) is 0 Å². The van der Waals surface area contributed by atoms with Crippen LogP contribution >= 0.6 is 0 Å². The van der Waals surface area contributed by atoms with Crippen molar-refractivity contribution in [2.75, 3.05) is 0 Å². The number of carbonyl (C=O) groups excluding carboxylic acids is 2. The van der Waals surface area contributed by atoms with Crippen LogP contribution in [-0.2, 0) is 9.59 Å². The zero-order valence-electron chi connectivity index (χ0n) is 14.6.